The average Bonchev–Trinajstić information content (AvgIpc) is 2.74. The molecule has 0 aromatic carbocycles. The summed E-state index contributed by atoms with van der Waals surface area (Å²) in [6.07, 6.45) is 6.52. The van der Waals surface area contributed by atoms with Gasteiger partial charge in [-0.1, -0.05) is 6.07 Å². The lowest BCUT2D eigenvalue weighted by Crippen LogP contribution is -2.46. The Hall–Kier alpha value is -1.62. The number of hydrogen-bond acceptors (Lipinski definition) is 4. The van der Waals surface area contributed by atoms with Crippen molar-refractivity contribution in [2.75, 3.05) is 6.61 Å². The molecule has 2 bridgehead atoms. The topological polar surface area (TPSA) is 62.7 Å². The van der Waals surface area contributed by atoms with Crippen molar-refractivity contribution in [3.05, 3.63) is 30.1 Å². The standard InChI is InChI=1S/C16H22N2O3/c1-2-21-16(20)18-12-6-3-7-14(18)13(9-12)15(19)11-5-4-8-17-10-11/h4-5,8,10,12-15,19H,2-3,6-7,9H2,1H3. The average molecular weight is 290 g/mol. The van der Waals surface area contributed by atoms with Gasteiger partial charge in [-0.15, -0.1) is 0 Å². The number of aliphatic hydroxyl groups excluding tert-OH is 1. The van der Waals surface area contributed by atoms with Gasteiger partial charge in [-0.2, -0.15) is 0 Å². The first-order valence-corrected chi connectivity index (χ1v) is 7.75. The summed E-state index contributed by atoms with van der Waals surface area (Å²) in [6.45, 7) is 2.22. The van der Waals surface area contributed by atoms with E-state index in [0.29, 0.717) is 6.61 Å². The van der Waals surface area contributed by atoms with Crippen LogP contribution in [0.1, 0.15) is 44.3 Å². The number of aliphatic hydroxyl groups is 1. The van der Waals surface area contributed by atoms with Gasteiger partial charge in [-0.3, -0.25) is 4.98 Å². The van der Waals surface area contributed by atoms with Crippen molar-refractivity contribution < 1.29 is 14.6 Å². The van der Waals surface area contributed by atoms with Gasteiger partial charge >= 0.3 is 6.09 Å². The van der Waals surface area contributed by atoms with Crippen LogP contribution in [0.4, 0.5) is 4.79 Å². The molecule has 3 rings (SSSR count). The van der Waals surface area contributed by atoms with Crippen LogP contribution in [-0.2, 0) is 4.74 Å². The minimum atomic E-state index is -0.566. The maximum absolute atomic E-state index is 12.2. The summed E-state index contributed by atoms with van der Waals surface area (Å²) in [6, 6.07) is 4.02. The monoisotopic (exact) mass is 290 g/mol. The van der Waals surface area contributed by atoms with Crippen LogP contribution in [0.5, 0.6) is 0 Å². The van der Waals surface area contributed by atoms with E-state index in [1.54, 1.807) is 12.4 Å². The third-order valence-corrected chi connectivity index (χ3v) is 4.74. The molecule has 2 fully saturated rings. The van der Waals surface area contributed by atoms with Gasteiger partial charge in [0.2, 0.25) is 0 Å². The number of fused-ring (bicyclic) bond motifs is 2. The van der Waals surface area contributed by atoms with E-state index in [-0.39, 0.29) is 24.1 Å². The van der Waals surface area contributed by atoms with Gasteiger partial charge in [0, 0.05) is 30.4 Å². The number of ether oxygens (including phenoxy) is 1. The molecule has 5 nitrogen and oxygen atoms in total. The SMILES string of the molecule is CCOC(=O)N1C2CCCC1C(C(O)c1cccnc1)C2. The highest BCUT2D eigenvalue weighted by Gasteiger charge is 2.49. The highest BCUT2D eigenvalue weighted by atomic mass is 16.6. The molecule has 1 amide bonds. The predicted molar refractivity (Wildman–Crippen MR) is 77.6 cm³/mol. The van der Waals surface area contributed by atoms with Crippen molar-refractivity contribution in [3.8, 4) is 0 Å². The quantitative estimate of drug-likeness (QED) is 0.929. The fourth-order valence-electron chi connectivity index (χ4n) is 3.85. The summed E-state index contributed by atoms with van der Waals surface area (Å²) < 4.78 is 5.19. The van der Waals surface area contributed by atoms with Crippen molar-refractivity contribution in [2.24, 2.45) is 5.92 Å². The van der Waals surface area contributed by atoms with Gasteiger partial charge in [0.25, 0.3) is 0 Å². The largest absolute Gasteiger partial charge is 0.450 e. The van der Waals surface area contributed by atoms with Crippen LogP contribution in [0.3, 0.4) is 0 Å². The molecule has 114 valence electrons. The normalized spacial score (nSPS) is 29.2. The van der Waals surface area contributed by atoms with E-state index in [1.807, 2.05) is 24.0 Å². The first-order valence-electron chi connectivity index (χ1n) is 7.75. The second-order valence-electron chi connectivity index (χ2n) is 5.89. The Labute approximate surface area is 124 Å². The van der Waals surface area contributed by atoms with E-state index >= 15 is 0 Å². The molecule has 0 spiro atoms. The second kappa shape index (κ2) is 6.02. The second-order valence-corrected chi connectivity index (χ2v) is 5.89. The number of hydrogen-bond donors (Lipinski definition) is 1. The molecule has 2 saturated heterocycles. The van der Waals surface area contributed by atoms with Crippen molar-refractivity contribution in [3.63, 3.8) is 0 Å². The summed E-state index contributed by atoms with van der Waals surface area (Å²) in [5, 5.41) is 10.7. The highest BCUT2D eigenvalue weighted by molar-refractivity contribution is 5.69. The molecular weight excluding hydrogens is 268 g/mol. The van der Waals surface area contributed by atoms with E-state index in [9.17, 15) is 9.90 Å². The van der Waals surface area contributed by atoms with Gasteiger partial charge in [-0.25, -0.2) is 4.79 Å². The maximum atomic E-state index is 12.2. The molecule has 4 unspecified atom stereocenters. The Kier molecular flexibility index (Phi) is 4.10. The number of piperidine rings is 1. The van der Waals surface area contributed by atoms with Crippen LogP contribution in [0.25, 0.3) is 0 Å². The molecule has 0 aliphatic carbocycles. The first kappa shape index (κ1) is 14.3. The van der Waals surface area contributed by atoms with E-state index in [2.05, 4.69) is 4.98 Å². The number of pyridine rings is 1. The van der Waals surface area contributed by atoms with E-state index in [4.69, 9.17) is 4.74 Å². The molecule has 1 aromatic rings. The fourth-order valence-corrected chi connectivity index (χ4v) is 3.85. The highest BCUT2D eigenvalue weighted by Crippen LogP contribution is 2.45. The Morgan fingerprint density at radius 2 is 2.43 bits per heavy atom. The molecule has 2 aliphatic rings. The molecule has 4 atom stereocenters. The van der Waals surface area contributed by atoms with Crippen LogP contribution in [-0.4, -0.2) is 39.8 Å². The third-order valence-electron chi connectivity index (χ3n) is 4.74. The summed E-state index contributed by atoms with van der Waals surface area (Å²) in [7, 11) is 0. The molecule has 0 radical (unpaired) electrons. The third kappa shape index (κ3) is 2.62. The van der Waals surface area contributed by atoms with Crippen molar-refractivity contribution in [1.82, 2.24) is 9.88 Å². The number of rotatable bonds is 3. The zero-order valence-corrected chi connectivity index (χ0v) is 12.3. The van der Waals surface area contributed by atoms with E-state index in [1.165, 1.54) is 0 Å². The smallest absolute Gasteiger partial charge is 0.410 e. The minimum absolute atomic E-state index is 0.0751. The van der Waals surface area contributed by atoms with Crippen LogP contribution in [0.2, 0.25) is 0 Å². The summed E-state index contributed by atoms with van der Waals surface area (Å²) in [4.78, 5) is 18.1. The summed E-state index contributed by atoms with van der Waals surface area (Å²) in [5.74, 6) is 0.0751. The Balaban J connectivity index is 1.80. The van der Waals surface area contributed by atoms with Gasteiger partial charge in [-0.05, 0) is 44.2 Å². The van der Waals surface area contributed by atoms with Gasteiger partial charge in [0.1, 0.15) is 0 Å². The fraction of sp³-hybridized carbons (Fsp3) is 0.625. The van der Waals surface area contributed by atoms with Crippen LogP contribution >= 0.6 is 0 Å². The zero-order valence-electron chi connectivity index (χ0n) is 12.3. The zero-order chi connectivity index (χ0) is 14.8. The first-order chi connectivity index (χ1) is 10.2. The molecule has 3 heterocycles. The number of amides is 1. The summed E-state index contributed by atoms with van der Waals surface area (Å²) in [5.41, 5.74) is 0.832. The molecule has 5 heteroatoms. The van der Waals surface area contributed by atoms with Gasteiger partial charge in [0.05, 0.1) is 12.7 Å². The number of carbonyl (C=O) groups excluding carboxylic acids is 1. The lowest BCUT2D eigenvalue weighted by Gasteiger charge is -2.35. The predicted octanol–water partition coefficient (Wildman–Crippen LogP) is 2.51. The number of aromatic nitrogens is 1. The van der Waals surface area contributed by atoms with E-state index < -0.39 is 6.10 Å². The van der Waals surface area contributed by atoms with Crippen LogP contribution in [0.15, 0.2) is 24.5 Å². The maximum Gasteiger partial charge on any atom is 0.410 e. The molecular formula is C16H22N2O3. The Morgan fingerprint density at radius 3 is 3.14 bits per heavy atom. The van der Waals surface area contributed by atoms with Crippen LogP contribution in [0, 0.1) is 5.92 Å². The molecule has 1 aromatic heterocycles. The minimum Gasteiger partial charge on any atom is -0.450 e. The van der Waals surface area contributed by atoms with Crippen LogP contribution < -0.4 is 0 Å². The Morgan fingerprint density at radius 1 is 1.57 bits per heavy atom. The molecule has 0 saturated carbocycles. The van der Waals surface area contributed by atoms with Crippen molar-refractivity contribution >= 4 is 6.09 Å². The number of nitrogens with zero attached hydrogens (tertiary/aromatic N) is 2. The van der Waals surface area contributed by atoms with E-state index in [0.717, 1.165) is 31.2 Å². The Bertz CT molecular complexity index is 494. The molecule has 2 aliphatic heterocycles. The summed E-state index contributed by atoms with van der Waals surface area (Å²) >= 11 is 0. The van der Waals surface area contributed by atoms with Crippen molar-refractivity contribution in [1.29, 1.82) is 0 Å². The van der Waals surface area contributed by atoms with Gasteiger partial charge < -0.3 is 14.7 Å². The van der Waals surface area contributed by atoms with Crippen molar-refractivity contribution in [2.45, 2.75) is 50.8 Å². The lowest BCUT2D eigenvalue weighted by atomic mass is 9.89. The van der Waals surface area contributed by atoms with Gasteiger partial charge in [0.15, 0.2) is 0 Å². The molecule has 21 heavy (non-hydrogen) atoms. The lowest BCUT2D eigenvalue weighted by molar-refractivity contribution is 0.0483. The molecule has 1 N–H and O–H groups in total. The number of carbonyl (C=O) groups is 1.